The van der Waals surface area contributed by atoms with E-state index < -0.39 is 9.84 Å². The number of hydrogen-bond donors (Lipinski definition) is 0. The summed E-state index contributed by atoms with van der Waals surface area (Å²) in [5, 5.41) is 3.77. The van der Waals surface area contributed by atoms with E-state index in [-0.39, 0.29) is 5.75 Å². The van der Waals surface area contributed by atoms with Crippen molar-refractivity contribution >= 4 is 15.5 Å². The molecule has 0 aliphatic carbocycles. The van der Waals surface area contributed by atoms with Gasteiger partial charge >= 0.3 is 0 Å². The van der Waals surface area contributed by atoms with Crippen LogP contribution in [0.2, 0.25) is 0 Å². The third kappa shape index (κ3) is 2.82. The van der Waals surface area contributed by atoms with Crippen molar-refractivity contribution in [1.82, 2.24) is 0 Å². The summed E-state index contributed by atoms with van der Waals surface area (Å²) in [6.45, 7) is 3.42. The first-order chi connectivity index (χ1) is 7.51. The maximum Gasteiger partial charge on any atom is 0.178 e. The molecule has 0 spiro atoms. The summed E-state index contributed by atoms with van der Waals surface area (Å²) in [4.78, 5) is 4.98. The van der Waals surface area contributed by atoms with Gasteiger partial charge in [-0.2, -0.15) is 0 Å². The molecule has 0 aliphatic heterocycles. The van der Waals surface area contributed by atoms with Crippen molar-refractivity contribution in [3.63, 3.8) is 0 Å². The Labute approximate surface area is 95.8 Å². The number of benzene rings is 1. The molecular weight excluding hydrogens is 226 g/mol. The second kappa shape index (κ2) is 5.12. The van der Waals surface area contributed by atoms with Crippen molar-refractivity contribution in [3.8, 4) is 0 Å². The lowest BCUT2D eigenvalue weighted by atomic mass is 10.1. The van der Waals surface area contributed by atoms with Crippen LogP contribution in [0.1, 0.15) is 19.4 Å². The molecule has 1 rings (SSSR count). The molecule has 0 radical (unpaired) electrons. The van der Waals surface area contributed by atoms with Gasteiger partial charge in [0.2, 0.25) is 0 Å². The summed E-state index contributed by atoms with van der Waals surface area (Å²) in [5.41, 5.74) is 1.56. The van der Waals surface area contributed by atoms with Crippen molar-refractivity contribution in [1.29, 1.82) is 0 Å². The molecule has 0 aromatic heterocycles. The van der Waals surface area contributed by atoms with Crippen LogP contribution in [0.4, 0.5) is 0 Å². The molecule has 16 heavy (non-hydrogen) atoms. The zero-order valence-corrected chi connectivity index (χ0v) is 10.4. The lowest BCUT2D eigenvalue weighted by molar-refractivity contribution is 0.213. The van der Waals surface area contributed by atoms with Crippen LogP contribution in [0.25, 0.3) is 0 Å². The second-order valence-electron chi connectivity index (χ2n) is 3.29. The average molecular weight is 241 g/mol. The SMILES string of the molecule is CCS(=O)(=O)c1ccc(/C(C)=N\OC)cc1. The molecule has 1 aromatic rings. The quantitative estimate of drug-likeness (QED) is 0.597. The third-order valence-corrected chi connectivity index (χ3v) is 3.99. The largest absolute Gasteiger partial charge is 0.399 e. The molecule has 0 aliphatic rings. The van der Waals surface area contributed by atoms with Gasteiger partial charge in [0.25, 0.3) is 0 Å². The fourth-order valence-corrected chi connectivity index (χ4v) is 2.14. The van der Waals surface area contributed by atoms with Gasteiger partial charge in [-0.25, -0.2) is 8.42 Å². The molecular formula is C11H15NO3S. The summed E-state index contributed by atoms with van der Waals surface area (Å²) in [6.07, 6.45) is 0. The monoisotopic (exact) mass is 241 g/mol. The van der Waals surface area contributed by atoms with E-state index in [1.54, 1.807) is 38.1 Å². The summed E-state index contributed by atoms with van der Waals surface area (Å²) in [7, 11) is -1.65. The van der Waals surface area contributed by atoms with Gasteiger partial charge in [0.1, 0.15) is 7.11 Å². The number of hydrogen-bond acceptors (Lipinski definition) is 4. The lowest BCUT2D eigenvalue weighted by Gasteiger charge is -2.03. The van der Waals surface area contributed by atoms with Crippen LogP contribution in [0, 0.1) is 0 Å². The Morgan fingerprint density at radius 2 is 1.88 bits per heavy atom. The van der Waals surface area contributed by atoms with Gasteiger partial charge in [0, 0.05) is 0 Å². The summed E-state index contributed by atoms with van der Waals surface area (Å²) >= 11 is 0. The summed E-state index contributed by atoms with van der Waals surface area (Å²) in [5.74, 6) is 0.109. The molecule has 0 heterocycles. The van der Waals surface area contributed by atoms with E-state index in [0.717, 1.165) is 5.56 Å². The predicted molar refractivity (Wildman–Crippen MR) is 63.4 cm³/mol. The fraction of sp³-hybridized carbons (Fsp3) is 0.364. The van der Waals surface area contributed by atoms with E-state index in [9.17, 15) is 8.42 Å². The molecule has 5 heteroatoms. The zero-order valence-electron chi connectivity index (χ0n) is 9.60. The molecule has 0 saturated heterocycles. The maximum atomic E-state index is 11.6. The van der Waals surface area contributed by atoms with Gasteiger partial charge in [-0.1, -0.05) is 24.2 Å². The maximum absolute atomic E-state index is 11.6. The van der Waals surface area contributed by atoms with Gasteiger partial charge in [-0.3, -0.25) is 0 Å². The van der Waals surface area contributed by atoms with E-state index in [2.05, 4.69) is 9.99 Å². The van der Waals surface area contributed by atoms with Crippen molar-refractivity contribution in [2.24, 2.45) is 5.16 Å². The highest BCUT2D eigenvalue weighted by Crippen LogP contribution is 2.12. The molecule has 0 unspecified atom stereocenters. The zero-order chi connectivity index (χ0) is 12.2. The molecule has 0 saturated carbocycles. The van der Waals surface area contributed by atoms with E-state index in [0.29, 0.717) is 10.6 Å². The van der Waals surface area contributed by atoms with Gasteiger partial charge in [-0.05, 0) is 24.6 Å². The standard InChI is InChI=1S/C11H15NO3S/c1-4-16(13,14)11-7-5-10(6-8-11)9(2)12-15-3/h5-8H,4H2,1-3H3/b12-9-. The molecule has 0 N–H and O–H groups in total. The van der Waals surface area contributed by atoms with Crippen LogP contribution in [-0.4, -0.2) is 27.0 Å². The van der Waals surface area contributed by atoms with Crippen LogP contribution in [-0.2, 0) is 14.7 Å². The Morgan fingerprint density at radius 1 is 1.31 bits per heavy atom. The van der Waals surface area contributed by atoms with Crippen LogP contribution >= 0.6 is 0 Å². The summed E-state index contributed by atoms with van der Waals surface area (Å²) < 4.78 is 23.1. The first kappa shape index (κ1) is 12.7. The van der Waals surface area contributed by atoms with Crippen molar-refractivity contribution < 1.29 is 13.3 Å². The van der Waals surface area contributed by atoms with Crippen LogP contribution in [0.5, 0.6) is 0 Å². The highest BCUT2D eigenvalue weighted by Gasteiger charge is 2.11. The molecule has 0 atom stereocenters. The Hall–Kier alpha value is -1.36. The Morgan fingerprint density at radius 3 is 2.31 bits per heavy atom. The smallest absolute Gasteiger partial charge is 0.178 e. The Kier molecular flexibility index (Phi) is 4.06. The van der Waals surface area contributed by atoms with E-state index >= 15 is 0 Å². The molecule has 88 valence electrons. The van der Waals surface area contributed by atoms with Crippen LogP contribution in [0.3, 0.4) is 0 Å². The van der Waals surface area contributed by atoms with Crippen molar-refractivity contribution in [2.45, 2.75) is 18.7 Å². The molecule has 0 bridgehead atoms. The predicted octanol–water partition coefficient (Wildman–Crippen LogP) is 1.85. The van der Waals surface area contributed by atoms with Gasteiger partial charge in [-0.15, -0.1) is 0 Å². The first-order valence-corrected chi connectivity index (χ1v) is 6.57. The van der Waals surface area contributed by atoms with Crippen LogP contribution < -0.4 is 0 Å². The van der Waals surface area contributed by atoms with Crippen LogP contribution in [0.15, 0.2) is 34.3 Å². The van der Waals surface area contributed by atoms with E-state index in [4.69, 9.17) is 0 Å². The van der Waals surface area contributed by atoms with E-state index in [1.165, 1.54) is 7.11 Å². The minimum atomic E-state index is -3.12. The number of sulfone groups is 1. The second-order valence-corrected chi connectivity index (χ2v) is 5.57. The van der Waals surface area contributed by atoms with Gasteiger partial charge in [0.05, 0.1) is 16.4 Å². The first-order valence-electron chi connectivity index (χ1n) is 4.92. The lowest BCUT2D eigenvalue weighted by Crippen LogP contribution is -2.04. The molecule has 0 amide bonds. The highest BCUT2D eigenvalue weighted by molar-refractivity contribution is 7.91. The number of rotatable bonds is 4. The third-order valence-electron chi connectivity index (χ3n) is 2.24. The molecule has 0 fully saturated rings. The van der Waals surface area contributed by atoms with Crippen molar-refractivity contribution in [3.05, 3.63) is 29.8 Å². The Bertz CT molecular complexity index is 474. The number of oxime groups is 1. The number of nitrogens with zero attached hydrogens (tertiary/aromatic N) is 1. The summed E-state index contributed by atoms with van der Waals surface area (Å²) in [6, 6.07) is 6.62. The van der Waals surface area contributed by atoms with E-state index in [1.807, 2.05) is 0 Å². The molecule has 4 nitrogen and oxygen atoms in total. The van der Waals surface area contributed by atoms with Gasteiger partial charge in [0.15, 0.2) is 9.84 Å². The Balaban J connectivity index is 3.05. The average Bonchev–Trinajstić information content (AvgIpc) is 2.29. The normalized spacial score (nSPS) is 12.6. The highest BCUT2D eigenvalue weighted by atomic mass is 32.2. The topological polar surface area (TPSA) is 55.7 Å². The molecule has 1 aromatic carbocycles. The van der Waals surface area contributed by atoms with Gasteiger partial charge < -0.3 is 4.84 Å². The fourth-order valence-electron chi connectivity index (χ4n) is 1.26. The van der Waals surface area contributed by atoms with Crippen molar-refractivity contribution in [2.75, 3.05) is 12.9 Å². The minimum Gasteiger partial charge on any atom is -0.399 e. The minimum absolute atomic E-state index is 0.109.